The molecule has 0 bridgehead atoms. The van der Waals surface area contributed by atoms with Gasteiger partial charge in [-0.25, -0.2) is 9.69 Å². The lowest BCUT2D eigenvalue weighted by molar-refractivity contribution is -0.122. The summed E-state index contributed by atoms with van der Waals surface area (Å²) in [6.45, 7) is 11.6. The first-order valence-corrected chi connectivity index (χ1v) is 11.5. The van der Waals surface area contributed by atoms with Crippen LogP contribution in [0.25, 0.3) is 6.08 Å². The molecule has 2 aliphatic rings. The maximum atomic E-state index is 13.3. The van der Waals surface area contributed by atoms with Gasteiger partial charge < -0.3 is 9.64 Å². The van der Waals surface area contributed by atoms with Gasteiger partial charge in [-0.1, -0.05) is 24.6 Å². The van der Waals surface area contributed by atoms with Gasteiger partial charge >= 0.3 is 6.03 Å². The number of nitrogens with zero attached hydrogens (tertiary/aromatic N) is 2. The monoisotopic (exact) mass is 461 g/mol. The molecule has 178 valence electrons. The Morgan fingerprint density at radius 2 is 1.82 bits per heavy atom. The van der Waals surface area contributed by atoms with Gasteiger partial charge in [-0.2, -0.15) is 0 Å². The summed E-state index contributed by atoms with van der Waals surface area (Å²) >= 11 is 0. The maximum Gasteiger partial charge on any atom is 0.335 e. The average Bonchev–Trinajstić information content (AvgIpc) is 2.77. The summed E-state index contributed by atoms with van der Waals surface area (Å²) in [6.07, 6.45) is 2.50. The molecule has 0 aromatic heterocycles. The predicted molar refractivity (Wildman–Crippen MR) is 133 cm³/mol. The third kappa shape index (κ3) is 3.95. The van der Waals surface area contributed by atoms with Crippen LogP contribution in [-0.4, -0.2) is 37.0 Å². The van der Waals surface area contributed by atoms with Gasteiger partial charge in [0.1, 0.15) is 11.3 Å². The fourth-order valence-corrected chi connectivity index (χ4v) is 5.16. The summed E-state index contributed by atoms with van der Waals surface area (Å²) in [5, 5.41) is 2.29. The summed E-state index contributed by atoms with van der Waals surface area (Å²) in [6, 6.07) is 10.2. The topological polar surface area (TPSA) is 79.0 Å². The first-order valence-electron chi connectivity index (χ1n) is 11.5. The third-order valence-corrected chi connectivity index (χ3v) is 6.75. The van der Waals surface area contributed by atoms with Crippen molar-refractivity contribution in [1.82, 2.24) is 5.32 Å². The van der Waals surface area contributed by atoms with Crippen molar-refractivity contribution in [1.29, 1.82) is 0 Å². The number of hydrogen-bond donors (Lipinski definition) is 1. The molecule has 7 nitrogen and oxygen atoms in total. The van der Waals surface area contributed by atoms with Crippen LogP contribution in [0.1, 0.15) is 56.7 Å². The summed E-state index contributed by atoms with van der Waals surface area (Å²) in [7, 11) is 1.57. The van der Waals surface area contributed by atoms with Gasteiger partial charge in [-0.05, 0) is 69.9 Å². The fraction of sp³-hybridized carbons (Fsp3) is 0.370. The highest BCUT2D eigenvalue weighted by atomic mass is 16.5. The Morgan fingerprint density at radius 1 is 1.15 bits per heavy atom. The number of ether oxygens (including phenoxy) is 1. The maximum absolute atomic E-state index is 13.3. The number of barbiturate groups is 1. The smallest absolute Gasteiger partial charge is 0.335 e. The second-order valence-electron chi connectivity index (χ2n) is 9.61. The molecule has 0 spiro atoms. The highest BCUT2D eigenvalue weighted by molar-refractivity contribution is 6.39. The zero-order chi connectivity index (χ0) is 24.8. The largest absolute Gasteiger partial charge is 0.496 e. The first kappa shape index (κ1) is 23.5. The molecule has 2 aromatic carbocycles. The molecular formula is C27H31N3O4. The van der Waals surface area contributed by atoms with Crippen LogP contribution in [0.3, 0.4) is 0 Å². The van der Waals surface area contributed by atoms with E-state index in [4.69, 9.17) is 4.74 Å². The minimum absolute atomic E-state index is 0.000279. The van der Waals surface area contributed by atoms with Crippen molar-refractivity contribution in [2.75, 3.05) is 23.5 Å². The molecule has 1 N–H and O–H groups in total. The van der Waals surface area contributed by atoms with E-state index in [9.17, 15) is 14.4 Å². The minimum Gasteiger partial charge on any atom is -0.496 e. The molecule has 1 unspecified atom stereocenters. The zero-order valence-corrected chi connectivity index (χ0v) is 20.6. The number of fused-ring (bicyclic) bond motifs is 1. The van der Waals surface area contributed by atoms with Crippen molar-refractivity contribution < 1.29 is 19.1 Å². The molecule has 0 radical (unpaired) electrons. The van der Waals surface area contributed by atoms with E-state index in [1.165, 1.54) is 6.08 Å². The number of benzene rings is 2. The Kier molecular flexibility index (Phi) is 5.98. The summed E-state index contributed by atoms with van der Waals surface area (Å²) < 4.78 is 5.67. The van der Waals surface area contributed by atoms with Gasteiger partial charge in [-0.15, -0.1) is 0 Å². The number of hydrogen-bond acceptors (Lipinski definition) is 5. The van der Waals surface area contributed by atoms with E-state index in [-0.39, 0.29) is 17.0 Å². The Morgan fingerprint density at radius 3 is 2.44 bits per heavy atom. The van der Waals surface area contributed by atoms with E-state index in [1.807, 2.05) is 31.2 Å². The van der Waals surface area contributed by atoms with E-state index < -0.39 is 17.8 Å². The van der Waals surface area contributed by atoms with Crippen molar-refractivity contribution in [3.05, 3.63) is 58.7 Å². The number of carbonyl (C=O) groups excluding carboxylic acids is 3. The SMILES string of the molecule is CCN1c2cc(OC)c(/C=C3/C(=O)NC(=O)N(c4ccc(C)cc4)C3=O)cc2C(C)CC1(C)C. The number of amides is 4. The summed E-state index contributed by atoms with van der Waals surface area (Å²) in [5.74, 6) is -0.532. The standard InChI is InChI=1S/C27H31N3O4/c1-7-29-22-14-23(34-6)18(12-20(22)17(3)15-27(29,4)5)13-21-24(31)28-26(33)30(25(21)32)19-10-8-16(2)9-11-19/h8-14,17H,7,15H2,1-6H3,(H,28,31,33)/b21-13-. The van der Waals surface area contributed by atoms with E-state index >= 15 is 0 Å². The van der Waals surface area contributed by atoms with Crippen LogP contribution in [0.2, 0.25) is 0 Å². The number of imide groups is 2. The van der Waals surface area contributed by atoms with Crippen LogP contribution in [0.4, 0.5) is 16.2 Å². The fourth-order valence-electron chi connectivity index (χ4n) is 5.16. The number of anilines is 2. The Bertz CT molecular complexity index is 1200. The average molecular weight is 462 g/mol. The van der Waals surface area contributed by atoms with Crippen LogP contribution >= 0.6 is 0 Å². The number of aryl methyl sites for hydroxylation is 1. The molecule has 4 rings (SSSR count). The van der Waals surface area contributed by atoms with Crippen LogP contribution in [0.15, 0.2) is 42.0 Å². The number of urea groups is 1. The lowest BCUT2D eigenvalue weighted by Crippen LogP contribution is -2.54. The van der Waals surface area contributed by atoms with Gasteiger partial charge in [0.25, 0.3) is 11.8 Å². The van der Waals surface area contributed by atoms with E-state index in [0.29, 0.717) is 17.0 Å². The van der Waals surface area contributed by atoms with Crippen molar-refractivity contribution in [2.45, 2.75) is 52.5 Å². The first-order chi connectivity index (χ1) is 16.1. The Balaban J connectivity index is 1.80. The lowest BCUT2D eigenvalue weighted by atomic mass is 9.79. The highest BCUT2D eigenvalue weighted by Crippen LogP contribution is 2.46. The Hall–Kier alpha value is -3.61. The number of nitrogens with one attached hydrogen (secondary N) is 1. The zero-order valence-electron chi connectivity index (χ0n) is 20.6. The molecule has 1 fully saturated rings. The van der Waals surface area contributed by atoms with Crippen molar-refractivity contribution in [3.63, 3.8) is 0 Å². The van der Waals surface area contributed by atoms with Crippen molar-refractivity contribution >= 4 is 35.3 Å². The molecule has 34 heavy (non-hydrogen) atoms. The molecule has 1 saturated heterocycles. The molecule has 1 atom stereocenters. The molecule has 7 heteroatoms. The van der Waals surface area contributed by atoms with E-state index in [2.05, 4.69) is 37.9 Å². The Labute approximate surface area is 200 Å². The molecule has 0 saturated carbocycles. The van der Waals surface area contributed by atoms with Crippen LogP contribution in [0.5, 0.6) is 5.75 Å². The van der Waals surface area contributed by atoms with Gasteiger partial charge in [0.2, 0.25) is 0 Å². The summed E-state index contributed by atoms with van der Waals surface area (Å²) in [5.41, 5.74) is 4.15. The van der Waals surface area contributed by atoms with Crippen LogP contribution in [0, 0.1) is 6.92 Å². The van der Waals surface area contributed by atoms with Crippen molar-refractivity contribution in [3.8, 4) is 5.75 Å². The second-order valence-corrected chi connectivity index (χ2v) is 9.61. The van der Waals surface area contributed by atoms with Crippen molar-refractivity contribution in [2.24, 2.45) is 0 Å². The second kappa shape index (κ2) is 8.63. The van der Waals surface area contributed by atoms with Crippen LogP contribution in [-0.2, 0) is 9.59 Å². The van der Waals surface area contributed by atoms with E-state index in [1.54, 1.807) is 19.2 Å². The molecule has 2 heterocycles. The number of methoxy groups -OCH3 is 1. The molecule has 4 amide bonds. The van der Waals surface area contributed by atoms with Gasteiger partial charge in [0.15, 0.2) is 0 Å². The lowest BCUT2D eigenvalue weighted by Gasteiger charge is -2.47. The minimum atomic E-state index is -0.761. The number of rotatable bonds is 4. The van der Waals surface area contributed by atoms with Gasteiger partial charge in [0, 0.05) is 29.4 Å². The highest BCUT2D eigenvalue weighted by Gasteiger charge is 2.38. The van der Waals surface area contributed by atoms with Crippen LogP contribution < -0.4 is 19.9 Å². The molecule has 2 aliphatic heterocycles. The van der Waals surface area contributed by atoms with Gasteiger partial charge in [-0.3, -0.25) is 14.9 Å². The normalized spacial score (nSPS) is 20.9. The third-order valence-electron chi connectivity index (χ3n) is 6.75. The number of carbonyl (C=O) groups is 3. The van der Waals surface area contributed by atoms with Gasteiger partial charge in [0.05, 0.1) is 12.8 Å². The molecule has 2 aromatic rings. The van der Waals surface area contributed by atoms with E-state index in [0.717, 1.165) is 34.7 Å². The molecule has 0 aliphatic carbocycles. The quantitative estimate of drug-likeness (QED) is 0.524. The molecular weight excluding hydrogens is 430 g/mol. The predicted octanol–water partition coefficient (Wildman–Crippen LogP) is 4.78. The summed E-state index contributed by atoms with van der Waals surface area (Å²) in [4.78, 5) is 41.8.